The van der Waals surface area contributed by atoms with Gasteiger partial charge in [-0.2, -0.15) is 0 Å². The Bertz CT molecular complexity index is 634. The third-order valence-electron chi connectivity index (χ3n) is 3.51. The highest BCUT2D eigenvalue weighted by Gasteiger charge is 2.08. The Balaban J connectivity index is 1.59. The molecule has 2 aromatic rings. The van der Waals surface area contributed by atoms with Crippen molar-refractivity contribution in [1.82, 2.24) is 10.2 Å². The van der Waals surface area contributed by atoms with Crippen molar-refractivity contribution in [3.63, 3.8) is 0 Å². The monoisotopic (exact) mass is 330 g/mol. The smallest absolute Gasteiger partial charge is 0.317 e. The highest BCUT2D eigenvalue weighted by Crippen LogP contribution is 2.06. The van der Waals surface area contributed by atoms with Crippen LogP contribution in [0.3, 0.4) is 0 Å². The predicted molar refractivity (Wildman–Crippen MR) is 92.0 cm³/mol. The van der Waals surface area contributed by atoms with Crippen LogP contribution in [0.4, 0.5) is 9.18 Å². The second-order valence-corrected chi connectivity index (χ2v) is 5.61. The van der Waals surface area contributed by atoms with Crippen LogP contribution in [0, 0.1) is 5.82 Å². The molecule has 0 saturated carbocycles. The molecule has 0 atom stereocenters. The molecule has 5 heteroatoms. The lowest BCUT2D eigenvalue weighted by molar-refractivity contribution is 0.118. The molecule has 0 fully saturated rings. The van der Waals surface area contributed by atoms with Crippen molar-refractivity contribution in [1.29, 1.82) is 0 Å². The number of rotatable bonds is 8. The van der Waals surface area contributed by atoms with E-state index < -0.39 is 0 Å². The number of halogens is 1. The molecule has 0 aliphatic heterocycles. The van der Waals surface area contributed by atoms with Crippen LogP contribution in [0.15, 0.2) is 54.6 Å². The largest absolute Gasteiger partial charge is 0.377 e. The molecular weight excluding hydrogens is 307 g/mol. The van der Waals surface area contributed by atoms with E-state index >= 15 is 0 Å². The van der Waals surface area contributed by atoms with Crippen LogP contribution < -0.4 is 5.32 Å². The molecule has 0 aliphatic carbocycles. The summed E-state index contributed by atoms with van der Waals surface area (Å²) in [4.78, 5) is 13.5. The molecule has 0 heterocycles. The van der Waals surface area contributed by atoms with Crippen molar-refractivity contribution in [3.8, 4) is 0 Å². The molecule has 0 spiro atoms. The molecule has 2 amide bonds. The third-order valence-corrected chi connectivity index (χ3v) is 3.51. The van der Waals surface area contributed by atoms with Crippen LogP contribution in [0.1, 0.15) is 17.5 Å². The molecule has 0 aromatic heterocycles. The number of carbonyl (C=O) groups is 1. The number of benzene rings is 2. The van der Waals surface area contributed by atoms with Crippen molar-refractivity contribution in [3.05, 3.63) is 71.5 Å². The van der Waals surface area contributed by atoms with Crippen LogP contribution in [0.25, 0.3) is 0 Å². The van der Waals surface area contributed by atoms with Gasteiger partial charge in [-0.3, -0.25) is 0 Å². The van der Waals surface area contributed by atoms with Crippen molar-refractivity contribution >= 4 is 6.03 Å². The zero-order valence-corrected chi connectivity index (χ0v) is 13.9. The molecule has 0 aliphatic rings. The number of nitrogens with zero attached hydrogens (tertiary/aromatic N) is 1. The van der Waals surface area contributed by atoms with E-state index in [0.717, 1.165) is 17.5 Å². The minimum absolute atomic E-state index is 0.178. The van der Waals surface area contributed by atoms with E-state index in [1.807, 2.05) is 30.3 Å². The quantitative estimate of drug-likeness (QED) is 0.752. The normalized spacial score (nSPS) is 10.4. The first-order valence-corrected chi connectivity index (χ1v) is 8.00. The van der Waals surface area contributed by atoms with E-state index in [4.69, 9.17) is 4.74 Å². The minimum Gasteiger partial charge on any atom is -0.377 e. The maximum absolute atomic E-state index is 13.1. The second kappa shape index (κ2) is 9.67. The Labute approximate surface area is 142 Å². The van der Waals surface area contributed by atoms with Crippen LogP contribution in [-0.4, -0.2) is 31.1 Å². The third kappa shape index (κ3) is 6.38. The summed E-state index contributed by atoms with van der Waals surface area (Å²) in [5.74, 6) is -0.295. The maximum Gasteiger partial charge on any atom is 0.317 e. The van der Waals surface area contributed by atoms with Gasteiger partial charge >= 0.3 is 6.03 Å². The molecule has 1 N–H and O–H groups in total. The van der Waals surface area contributed by atoms with Gasteiger partial charge in [0, 0.05) is 26.7 Å². The second-order valence-electron chi connectivity index (χ2n) is 5.61. The van der Waals surface area contributed by atoms with Crippen molar-refractivity contribution in [2.75, 3.05) is 20.2 Å². The SMILES string of the molecule is CN(Cc1cccc(F)c1)C(=O)NCCCOCc1ccccc1. The predicted octanol–water partition coefficient (Wildman–Crippen LogP) is 3.57. The average Bonchev–Trinajstić information content (AvgIpc) is 2.58. The van der Waals surface area contributed by atoms with E-state index in [-0.39, 0.29) is 11.8 Å². The fourth-order valence-electron chi connectivity index (χ4n) is 2.25. The summed E-state index contributed by atoms with van der Waals surface area (Å²) >= 11 is 0. The van der Waals surface area contributed by atoms with Gasteiger partial charge in [0.25, 0.3) is 0 Å². The number of hydrogen-bond donors (Lipinski definition) is 1. The highest BCUT2D eigenvalue weighted by atomic mass is 19.1. The van der Waals surface area contributed by atoms with Crippen LogP contribution in [0.5, 0.6) is 0 Å². The van der Waals surface area contributed by atoms with Crippen molar-refractivity contribution in [2.24, 2.45) is 0 Å². The first kappa shape index (κ1) is 17.9. The summed E-state index contributed by atoms with van der Waals surface area (Å²) in [7, 11) is 1.69. The standard InChI is InChI=1S/C19H23FN2O2/c1-22(14-17-9-5-10-18(20)13-17)19(23)21-11-6-12-24-15-16-7-3-2-4-8-16/h2-5,7-10,13H,6,11-12,14-15H2,1H3,(H,21,23). The Morgan fingerprint density at radius 1 is 1.12 bits per heavy atom. The molecule has 0 radical (unpaired) electrons. The molecule has 24 heavy (non-hydrogen) atoms. The molecule has 4 nitrogen and oxygen atoms in total. The summed E-state index contributed by atoms with van der Waals surface area (Å²) in [5, 5.41) is 2.83. The van der Waals surface area contributed by atoms with Gasteiger partial charge in [-0.05, 0) is 29.7 Å². The molecule has 2 aromatic carbocycles. The minimum atomic E-state index is -0.295. The maximum atomic E-state index is 13.1. The van der Waals surface area contributed by atoms with Gasteiger partial charge in [0.05, 0.1) is 6.61 Å². The number of hydrogen-bond acceptors (Lipinski definition) is 2. The summed E-state index contributed by atoms with van der Waals surface area (Å²) in [6, 6.07) is 16.0. The Kier molecular flexibility index (Phi) is 7.23. The molecule has 0 saturated heterocycles. The number of carbonyl (C=O) groups excluding carboxylic acids is 1. The lowest BCUT2D eigenvalue weighted by atomic mass is 10.2. The highest BCUT2D eigenvalue weighted by molar-refractivity contribution is 5.73. The Hall–Kier alpha value is -2.40. The lowest BCUT2D eigenvalue weighted by Gasteiger charge is -2.18. The molecule has 0 unspecified atom stereocenters. The summed E-state index contributed by atoms with van der Waals surface area (Å²) in [6.45, 7) is 2.08. The van der Waals surface area contributed by atoms with Gasteiger partial charge < -0.3 is 15.0 Å². The Morgan fingerprint density at radius 3 is 2.62 bits per heavy atom. The first-order chi connectivity index (χ1) is 11.6. The fraction of sp³-hybridized carbons (Fsp3) is 0.316. The van der Waals surface area contributed by atoms with Gasteiger partial charge in [-0.15, -0.1) is 0 Å². The topological polar surface area (TPSA) is 41.6 Å². The van der Waals surface area contributed by atoms with Crippen molar-refractivity contribution < 1.29 is 13.9 Å². The van der Waals surface area contributed by atoms with Crippen LogP contribution >= 0.6 is 0 Å². The van der Waals surface area contributed by atoms with Crippen LogP contribution in [0.2, 0.25) is 0 Å². The molecule has 128 valence electrons. The van der Waals surface area contributed by atoms with E-state index in [0.29, 0.717) is 26.3 Å². The zero-order valence-electron chi connectivity index (χ0n) is 13.9. The number of urea groups is 1. The summed E-state index contributed by atoms with van der Waals surface area (Å²) in [5.41, 5.74) is 1.90. The zero-order chi connectivity index (χ0) is 17.2. The van der Waals surface area contributed by atoms with Gasteiger partial charge in [0.2, 0.25) is 0 Å². The molecule has 0 bridgehead atoms. The first-order valence-electron chi connectivity index (χ1n) is 8.00. The van der Waals surface area contributed by atoms with Gasteiger partial charge in [-0.1, -0.05) is 42.5 Å². The van der Waals surface area contributed by atoms with E-state index in [1.165, 1.54) is 17.0 Å². The number of nitrogens with one attached hydrogen (secondary N) is 1. The molecule has 2 rings (SSSR count). The van der Waals surface area contributed by atoms with E-state index in [9.17, 15) is 9.18 Å². The van der Waals surface area contributed by atoms with Crippen molar-refractivity contribution in [2.45, 2.75) is 19.6 Å². The lowest BCUT2D eigenvalue weighted by Crippen LogP contribution is -2.37. The Morgan fingerprint density at radius 2 is 1.88 bits per heavy atom. The average molecular weight is 330 g/mol. The van der Waals surface area contributed by atoms with Gasteiger partial charge in [0.15, 0.2) is 0 Å². The van der Waals surface area contributed by atoms with Gasteiger partial charge in [0.1, 0.15) is 5.82 Å². The van der Waals surface area contributed by atoms with Crippen LogP contribution in [-0.2, 0) is 17.9 Å². The van der Waals surface area contributed by atoms with E-state index in [2.05, 4.69) is 5.32 Å². The summed E-state index contributed by atoms with van der Waals surface area (Å²) < 4.78 is 18.7. The molecular formula is C19H23FN2O2. The number of ether oxygens (including phenoxy) is 1. The fourth-order valence-corrected chi connectivity index (χ4v) is 2.25. The van der Waals surface area contributed by atoms with Gasteiger partial charge in [-0.25, -0.2) is 9.18 Å². The van der Waals surface area contributed by atoms with E-state index in [1.54, 1.807) is 19.2 Å². The summed E-state index contributed by atoms with van der Waals surface area (Å²) in [6.07, 6.45) is 0.742. The number of amides is 2.